The Balaban J connectivity index is 1.25. The molecule has 7 aromatic carbocycles. The van der Waals surface area contributed by atoms with Gasteiger partial charge in [-0.25, -0.2) is 9.97 Å². The van der Waals surface area contributed by atoms with Gasteiger partial charge in [0, 0.05) is 50.1 Å². The molecule has 262 valence electrons. The van der Waals surface area contributed by atoms with Crippen molar-refractivity contribution >= 4 is 137 Å². The summed E-state index contributed by atoms with van der Waals surface area (Å²) in [4.78, 5) is 10.3. The van der Waals surface area contributed by atoms with E-state index in [0.29, 0.717) is 5.82 Å². The van der Waals surface area contributed by atoms with Gasteiger partial charge in [-0.3, -0.25) is 4.57 Å². The molecule has 0 saturated carbocycles. The van der Waals surface area contributed by atoms with Crippen LogP contribution >= 0.6 is 0 Å². The first-order valence-electron chi connectivity index (χ1n) is 19.9. The normalized spacial score (nSPS) is 11.6. The fourth-order valence-electron chi connectivity index (χ4n) is 9.38. The minimum atomic E-state index is 0.704. The molecular formula is C46H37B7N4. The van der Waals surface area contributed by atoms with Crippen molar-refractivity contribution in [1.82, 2.24) is 19.1 Å². The molecule has 3 aromatic heterocycles. The van der Waals surface area contributed by atoms with E-state index in [1.165, 1.54) is 87.6 Å². The van der Waals surface area contributed by atoms with Gasteiger partial charge >= 0.3 is 0 Å². The summed E-state index contributed by atoms with van der Waals surface area (Å²) in [6.45, 7) is 0. The molecule has 4 nitrogen and oxygen atoms in total. The van der Waals surface area contributed by atoms with Gasteiger partial charge < -0.3 is 4.57 Å². The third-order valence-electron chi connectivity index (χ3n) is 12.7. The van der Waals surface area contributed by atoms with Gasteiger partial charge in [-0.15, -0.1) is 5.46 Å². The van der Waals surface area contributed by atoms with Crippen molar-refractivity contribution in [3.63, 3.8) is 0 Å². The number of aromatic nitrogens is 4. The molecular weight excluding hydrogens is 684 g/mol. The molecule has 0 bridgehead atoms. The summed E-state index contributed by atoms with van der Waals surface area (Å²) >= 11 is 0. The zero-order valence-electron chi connectivity index (χ0n) is 33.6. The largest absolute Gasteiger partial charge is 0.310 e. The highest BCUT2D eigenvalue weighted by Gasteiger charge is 2.25. The summed E-state index contributed by atoms with van der Waals surface area (Å²) in [6.07, 6.45) is 0. The molecule has 0 fully saturated rings. The Hall–Kier alpha value is -6.33. The van der Waals surface area contributed by atoms with E-state index >= 15 is 0 Å². The quantitative estimate of drug-likeness (QED) is 0.225. The summed E-state index contributed by atoms with van der Waals surface area (Å²) in [5.41, 5.74) is 20.9. The van der Waals surface area contributed by atoms with Crippen LogP contribution in [0.2, 0.25) is 0 Å². The molecule has 0 amide bonds. The molecule has 0 N–H and O–H groups in total. The average Bonchev–Trinajstić information content (AvgIpc) is 3.79. The van der Waals surface area contributed by atoms with Crippen molar-refractivity contribution in [2.75, 3.05) is 0 Å². The third-order valence-corrected chi connectivity index (χ3v) is 12.7. The maximum atomic E-state index is 5.26. The van der Waals surface area contributed by atoms with Gasteiger partial charge in [0.2, 0.25) is 0 Å². The lowest BCUT2D eigenvalue weighted by atomic mass is 9.64. The van der Waals surface area contributed by atoms with Crippen LogP contribution in [0.3, 0.4) is 0 Å². The lowest BCUT2D eigenvalue weighted by Crippen LogP contribution is -2.48. The van der Waals surface area contributed by atoms with Gasteiger partial charge in [-0.05, 0) is 46.8 Å². The zero-order valence-corrected chi connectivity index (χ0v) is 33.6. The Morgan fingerprint density at radius 3 is 1.65 bits per heavy atom. The highest BCUT2D eigenvalue weighted by molar-refractivity contribution is 6.69. The molecule has 0 atom stereocenters. The van der Waals surface area contributed by atoms with Crippen molar-refractivity contribution in [2.24, 2.45) is 0 Å². The Morgan fingerprint density at radius 2 is 0.947 bits per heavy atom. The Bertz CT molecular complexity index is 3190. The summed E-state index contributed by atoms with van der Waals surface area (Å²) < 4.78 is 4.85. The topological polar surface area (TPSA) is 35.6 Å². The monoisotopic (exact) mass is 722 g/mol. The smallest absolute Gasteiger partial charge is 0.162 e. The highest BCUT2D eigenvalue weighted by Crippen LogP contribution is 2.36. The first kappa shape index (κ1) is 35.1. The van der Waals surface area contributed by atoms with E-state index in [9.17, 15) is 0 Å². The summed E-state index contributed by atoms with van der Waals surface area (Å²) in [5.74, 6) is 1.55. The van der Waals surface area contributed by atoms with Gasteiger partial charge in [-0.1, -0.05) is 136 Å². The van der Waals surface area contributed by atoms with Gasteiger partial charge in [0.1, 0.15) is 60.7 Å². The highest BCUT2D eigenvalue weighted by atomic mass is 15.1. The second-order valence-corrected chi connectivity index (χ2v) is 15.6. The molecule has 0 aliphatic heterocycles. The van der Waals surface area contributed by atoms with E-state index in [0.717, 1.165) is 33.7 Å². The summed E-state index contributed by atoms with van der Waals surface area (Å²) in [5, 5.41) is 5.11. The van der Waals surface area contributed by atoms with Crippen LogP contribution in [0.5, 0.6) is 0 Å². The van der Waals surface area contributed by atoms with E-state index in [4.69, 9.17) is 9.97 Å². The van der Waals surface area contributed by atoms with Crippen LogP contribution in [0.1, 0.15) is 0 Å². The van der Waals surface area contributed by atoms with E-state index < -0.39 is 0 Å². The van der Waals surface area contributed by atoms with Gasteiger partial charge in [-0.2, -0.15) is 0 Å². The van der Waals surface area contributed by atoms with Gasteiger partial charge in [0.15, 0.2) is 5.82 Å². The molecule has 3 heterocycles. The maximum Gasteiger partial charge on any atom is 0.162 e. The van der Waals surface area contributed by atoms with Crippen LogP contribution < -0.4 is 38.2 Å². The van der Waals surface area contributed by atoms with Crippen molar-refractivity contribution in [1.29, 1.82) is 0 Å². The van der Waals surface area contributed by atoms with Crippen LogP contribution in [-0.4, -0.2) is 74.0 Å². The second-order valence-electron chi connectivity index (χ2n) is 15.6. The molecule has 10 aromatic rings. The first-order valence-corrected chi connectivity index (χ1v) is 19.9. The number of benzene rings is 7. The molecule has 10 rings (SSSR count). The number of rotatable bonds is 5. The Kier molecular flexibility index (Phi) is 8.26. The number of hydrogen-bond acceptors (Lipinski definition) is 2. The molecule has 57 heavy (non-hydrogen) atoms. The molecule has 0 spiro atoms. The van der Waals surface area contributed by atoms with Crippen LogP contribution in [0.15, 0.2) is 140 Å². The SMILES string of the molecule is Bc1c(B)c(B)c2c(c1B)c1c(B)c(-c3ccc4c(c3)c3ccccc3n4-c3cc(-c4ccccc4)nc(-c4ccccc4)n3)c(B)c(B)c1n2-c1ccccc1. The lowest BCUT2D eigenvalue weighted by molar-refractivity contribution is 1.05. The maximum absolute atomic E-state index is 5.26. The fraction of sp³-hybridized carbons (Fsp3) is 0. The average molecular weight is 722 g/mol. The van der Waals surface area contributed by atoms with E-state index in [1.54, 1.807) is 0 Å². The standard InChI is InChI=1S/C46H37B7N4/c47-37-34(38(48)42(52)44-35(37)36-39(49)40(50)41(51)43(53)45(36)56(44)27-16-8-3-9-17-27)26-20-21-32-29(22-26)28-18-10-11-19-31(28)57(32)33-23-30(24-12-4-1-5-13-24)54-46(55-33)25-14-6-2-7-15-25/h1-23H,47-53H2. The Labute approximate surface area is 339 Å². The molecule has 0 unspecified atom stereocenters. The van der Waals surface area contributed by atoms with E-state index in [1.807, 2.05) is 24.3 Å². The summed E-state index contributed by atoms with van der Waals surface area (Å²) in [6, 6.07) is 49.5. The number of fused-ring (bicyclic) bond motifs is 6. The molecule has 0 aliphatic carbocycles. The van der Waals surface area contributed by atoms with E-state index in [-0.39, 0.29) is 0 Å². The third kappa shape index (κ3) is 5.32. The van der Waals surface area contributed by atoms with Gasteiger partial charge in [0.25, 0.3) is 0 Å². The molecule has 0 radical (unpaired) electrons. The minimum absolute atomic E-state index is 0.704. The van der Waals surface area contributed by atoms with Crippen molar-refractivity contribution in [3.8, 4) is 45.3 Å². The number of hydrogen-bond donors (Lipinski definition) is 0. The van der Waals surface area contributed by atoms with Gasteiger partial charge in [0.05, 0.1) is 16.7 Å². The predicted molar refractivity (Wildman–Crippen MR) is 264 cm³/mol. The first-order chi connectivity index (χ1) is 27.7. The second kappa shape index (κ2) is 13.4. The molecule has 11 heteroatoms. The molecule has 0 aliphatic rings. The minimum Gasteiger partial charge on any atom is -0.310 e. The number of nitrogens with zero attached hydrogens (tertiary/aromatic N) is 4. The van der Waals surface area contributed by atoms with Crippen molar-refractivity contribution < 1.29 is 0 Å². The molecule has 0 saturated heterocycles. The van der Waals surface area contributed by atoms with E-state index in [2.05, 4.69) is 179 Å². The summed E-state index contributed by atoms with van der Waals surface area (Å²) in [7, 11) is 16.1. The fourth-order valence-corrected chi connectivity index (χ4v) is 9.38. The van der Waals surface area contributed by atoms with Crippen LogP contribution in [0, 0.1) is 0 Å². The predicted octanol–water partition coefficient (Wildman–Crippen LogP) is -0.519. The van der Waals surface area contributed by atoms with Crippen molar-refractivity contribution in [3.05, 3.63) is 140 Å². The van der Waals surface area contributed by atoms with Crippen molar-refractivity contribution in [2.45, 2.75) is 0 Å². The number of para-hydroxylation sites is 2. The zero-order chi connectivity index (χ0) is 39.1. The van der Waals surface area contributed by atoms with Crippen LogP contribution in [0.25, 0.3) is 88.9 Å². The lowest BCUT2D eigenvalue weighted by Gasteiger charge is -2.19. The van der Waals surface area contributed by atoms with Crippen LogP contribution in [0.4, 0.5) is 0 Å². The Morgan fingerprint density at radius 1 is 0.386 bits per heavy atom. The van der Waals surface area contributed by atoms with Crippen LogP contribution in [-0.2, 0) is 0 Å².